The minimum atomic E-state index is -4.80. The van der Waals surface area contributed by atoms with Crippen molar-refractivity contribution >= 4 is 5.91 Å². The second kappa shape index (κ2) is 7.62. The van der Waals surface area contributed by atoms with E-state index in [4.69, 9.17) is 4.74 Å². The molecule has 0 saturated carbocycles. The van der Waals surface area contributed by atoms with E-state index in [0.717, 1.165) is 0 Å². The highest BCUT2D eigenvalue weighted by atomic mass is 19.4. The highest BCUT2D eigenvalue weighted by Gasteiger charge is 2.32. The molecule has 1 N–H and O–H groups in total. The second-order valence-corrected chi connectivity index (χ2v) is 4.53. The molecule has 0 atom stereocenters. The number of carbonyl (C=O) groups is 1. The van der Waals surface area contributed by atoms with Gasteiger partial charge in [0.05, 0.1) is 6.61 Å². The summed E-state index contributed by atoms with van der Waals surface area (Å²) in [6, 6.07) is 8.43. The van der Waals surface area contributed by atoms with Crippen LogP contribution in [0.15, 0.2) is 36.4 Å². The Morgan fingerprint density at radius 3 is 2.54 bits per heavy atom. The van der Waals surface area contributed by atoms with Crippen LogP contribution >= 0.6 is 0 Å². The van der Waals surface area contributed by atoms with Gasteiger partial charge in [0, 0.05) is 18.2 Å². The lowest BCUT2D eigenvalue weighted by molar-refractivity contribution is -0.274. The summed E-state index contributed by atoms with van der Waals surface area (Å²) < 4.78 is 46.1. The van der Waals surface area contributed by atoms with Gasteiger partial charge in [-0.15, -0.1) is 23.4 Å². The summed E-state index contributed by atoms with van der Waals surface area (Å²) >= 11 is 0. The fourth-order valence-electron chi connectivity index (χ4n) is 1.81. The SMILES string of the molecule is CCOc1ccc(C(=O)NCc2ccccc2OC(F)(F)F)nn1. The molecule has 0 fully saturated rings. The monoisotopic (exact) mass is 341 g/mol. The number of ether oxygens (including phenoxy) is 2. The molecule has 0 spiro atoms. The highest BCUT2D eigenvalue weighted by Crippen LogP contribution is 2.26. The Bertz CT molecular complexity index is 690. The number of alkyl halides is 3. The van der Waals surface area contributed by atoms with Gasteiger partial charge in [-0.25, -0.2) is 0 Å². The van der Waals surface area contributed by atoms with Crippen LogP contribution < -0.4 is 14.8 Å². The van der Waals surface area contributed by atoms with Crippen molar-refractivity contribution in [2.45, 2.75) is 19.8 Å². The van der Waals surface area contributed by atoms with Crippen molar-refractivity contribution in [3.8, 4) is 11.6 Å². The van der Waals surface area contributed by atoms with Crippen LogP contribution in [0.25, 0.3) is 0 Å². The molecule has 6 nitrogen and oxygen atoms in total. The maximum Gasteiger partial charge on any atom is 0.573 e. The number of carbonyl (C=O) groups excluding carboxylic acids is 1. The van der Waals surface area contributed by atoms with Crippen molar-refractivity contribution in [2.24, 2.45) is 0 Å². The maximum atomic E-state index is 12.3. The molecule has 1 heterocycles. The number of nitrogens with one attached hydrogen (secondary N) is 1. The van der Waals surface area contributed by atoms with E-state index in [2.05, 4.69) is 20.3 Å². The van der Waals surface area contributed by atoms with Crippen LogP contribution in [0.5, 0.6) is 11.6 Å². The third-order valence-corrected chi connectivity index (χ3v) is 2.80. The van der Waals surface area contributed by atoms with E-state index in [1.54, 1.807) is 13.0 Å². The molecule has 1 aromatic carbocycles. The smallest absolute Gasteiger partial charge is 0.477 e. The van der Waals surface area contributed by atoms with Gasteiger partial charge in [-0.05, 0) is 19.1 Å². The average Bonchev–Trinajstić information content (AvgIpc) is 2.53. The first-order valence-electron chi connectivity index (χ1n) is 6.97. The van der Waals surface area contributed by atoms with E-state index in [1.807, 2.05) is 0 Å². The lowest BCUT2D eigenvalue weighted by Gasteiger charge is -2.13. The Morgan fingerprint density at radius 1 is 1.17 bits per heavy atom. The largest absolute Gasteiger partial charge is 0.573 e. The summed E-state index contributed by atoms with van der Waals surface area (Å²) in [4.78, 5) is 12.0. The standard InChI is InChI=1S/C15H14F3N3O3/c1-2-23-13-8-7-11(20-21-13)14(22)19-9-10-5-3-4-6-12(10)24-15(16,17)18/h3-8H,2,9H2,1H3,(H,19,22). The molecule has 0 aliphatic heterocycles. The Hall–Kier alpha value is -2.84. The lowest BCUT2D eigenvalue weighted by Crippen LogP contribution is -2.25. The van der Waals surface area contributed by atoms with Crippen LogP contribution in [-0.2, 0) is 6.54 Å². The molecule has 24 heavy (non-hydrogen) atoms. The molecule has 0 radical (unpaired) electrons. The van der Waals surface area contributed by atoms with Crippen molar-refractivity contribution in [1.82, 2.24) is 15.5 Å². The Balaban J connectivity index is 2.01. The third kappa shape index (κ3) is 5.11. The summed E-state index contributed by atoms with van der Waals surface area (Å²) in [5.41, 5.74) is 0.203. The van der Waals surface area contributed by atoms with Crippen molar-refractivity contribution in [2.75, 3.05) is 6.61 Å². The molecule has 0 aliphatic carbocycles. The van der Waals surface area contributed by atoms with Gasteiger partial charge < -0.3 is 14.8 Å². The van der Waals surface area contributed by atoms with Gasteiger partial charge in [0.25, 0.3) is 5.91 Å². The summed E-state index contributed by atoms with van der Waals surface area (Å²) in [6.07, 6.45) is -4.80. The molecule has 0 bridgehead atoms. The van der Waals surface area contributed by atoms with Crippen molar-refractivity contribution in [3.05, 3.63) is 47.7 Å². The van der Waals surface area contributed by atoms with Gasteiger partial charge in [0.2, 0.25) is 5.88 Å². The van der Waals surface area contributed by atoms with Crippen LogP contribution in [-0.4, -0.2) is 29.1 Å². The molecule has 1 amide bonds. The van der Waals surface area contributed by atoms with Crippen molar-refractivity contribution in [1.29, 1.82) is 0 Å². The quantitative estimate of drug-likeness (QED) is 0.874. The summed E-state index contributed by atoms with van der Waals surface area (Å²) in [6.45, 7) is 2.04. The Morgan fingerprint density at radius 2 is 1.92 bits per heavy atom. The summed E-state index contributed by atoms with van der Waals surface area (Å²) in [5, 5.41) is 9.86. The molecular formula is C15H14F3N3O3. The van der Waals surface area contributed by atoms with Gasteiger partial charge in [-0.2, -0.15) is 0 Å². The fraction of sp³-hybridized carbons (Fsp3) is 0.267. The Labute approximate surface area is 135 Å². The van der Waals surface area contributed by atoms with E-state index < -0.39 is 12.3 Å². The van der Waals surface area contributed by atoms with E-state index >= 15 is 0 Å². The minimum absolute atomic E-state index is 0.0210. The average molecular weight is 341 g/mol. The van der Waals surface area contributed by atoms with Crippen molar-refractivity contribution < 1.29 is 27.4 Å². The zero-order chi connectivity index (χ0) is 17.6. The van der Waals surface area contributed by atoms with Crippen LogP contribution in [0.2, 0.25) is 0 Å². The molecule has 0 saturated heterocycles. The number of halogens is 3. The molecule has 9 heteroatoms. The van der Waals surface area contributed by atoms with E-state index in [9.17, 15) is 18.0 Å². The maximum absolute atomic E-state index is 12.3. The number of para-hydroxylation sites is 1. The molecule has 128 valence electrons. The minimum Gasteiger partial charge on any atom is -0.477 e. The third-order valence-electron chi connectivity index (χ3n) is 2.80. The first-order valence-corrected chi connectivity index (χ1v) is 6.97. The van der Waals surface area contributed by atoms with E-state index in [-0.39, 0.29) is 29.4 Å². The highest BCUT2D eigenvalue weighted by molar-refractivity contribution is 5.92. The predicted molar refractivity (Wildman–Crippen MR) is 77.5 cm³/mol. The number of nitrogens with zero attached hydrogens (tertiary/aromatic N) is 2. The normalized spacial score (nSPS) is 11.0. The van der Waals surface area contributed by atoms with Crippen molar-refractivity contribution in [3.63, 3.8) is 0 Å². The van der Waals surface area contributed by atoms with Gasteiger partial charge >= 0.3 is 6.36 Å². The molecule has 0 aliphatic rings. The number of aromatic nitrogens is 2. The van der Waals surface area contributed by atoms with E-state index in [1.165, 1.54) is 30.3 Å². The van der Waals surface area contributed by atoms with Crippen LogP contribution in [0.1, 0.15) is 23.0 Å². The first kappa shape index (κ1) is 17.5. The summed E-state index contributed by atoms with van der Waals surface area (Å²) in [5.74, 6) is -0.673. The van der Waals surface area contributed by atoms with Gasteiger partial charge in [-0.3, -0.25) is 4.79 Å². The zero-order valence-corrected chi connectivity index (χ0v) is 12.6. The van der Waals surface area contributed by atoms with Crippen LogP contribution in [0.3, 0.4) is 0 Å². The first-order chi connectivity index (χ1) is 11.4. The zero-order valence-electron chi connectivity index (χ0n) is 12.6. The molecule has 2 rings (SSSR count). The number of rotatable bonds is 6. The fourth-order valence-corrected chi connectivity index (χ4v) is 1.81. The predicted octanol–water partition coefficient (Wildman–Crippen LogP) is 2.70. The summed E-state index contributed by atoms with van der Waals surface area (Å²) in [7, 11) is 0. The number of hydrogen-bond acceptors (Lipinski definition) is 5. The number of benzene rings is 1. The van der Waals surface area contributed by atoms with Gasteiger partial charge in [-0.1, -0.05) is 18.2 Å². The van der Waals surface area contributed by atoms with Gasteiger partial charge in [0.1, 0.15) is 5.75 Å². The van der Waals surface area contributed by atoms with E-state index in [0.29, 0.717) is 6.61 Å². The number of amides is 1. The lowest BCUT2D eigenvalue weighted by atomic mass is 10.2. The van der Waals surface area contributed by atoms with Crippen LogP contribution in [0.4, 0.5) is 13.2 Å². The molecule has 0 unspecified atom stereocenters. The molecular weight excluding hydrogens is 327 g/mol. The second-order valence-electron chi connectivity index (χ2n) is 4.53. The molecule has 1 aromatic heterocycles. The van der Waals surface area contributed by atoms with Crippen LogP contribution in [0, 0.1) is 0 Å². The Kier molecular flexibility index (Phi) is 5.56. The van der Waals surface area contributed by atoms with Gasteiger partial charge in [0.15, 0.2) is 5.69 Å². The molecule has 2 aromatic rings. The topological polar surface area (TPSA) is 73.3 Å². The number of hydrogen-bond donors (Lipinski definition) is 1.